The average molecular weight is 515 g/mol. The highest BCUT2D eigenvalue weighted by molar-refractivity contribution is 14.0. The number of rotatable bonds is 6. The van der Waals surface area contributed by atoms with E-state index in [1.807, 2.05) is 11.9 Å². The number of ether oxygens (including phenoxy) is 2. The van der Waals surface area contributed by atoms with Crippen molar-refractivity contribution in [2.45, 2.75) is 39.1 Å². The Bertz CT molecular complexity index is 648. The van der Waals surface area contributed by atoms with E-state index in [9.17, 15) is 13.2 Å². The molecule has 1 N–H and O–H groups in total. The fraction of sp³-hybridized carbons (Fsp3) is 0.632. The smallest absolute Gasteiger partial charge is 0.416 e. The van der Waals surface area contributed by atoms with Crippen molar-refractivity contribution in [3.8, 4) is 5.75 Å². The van der Waals surface area contributed by atoms with Gasteiger partial charge in [0.2, 0.25) is 0 Å². The molecule has 9 heteroatoms. The van der Waals surface area contributed by atoms with Gasteiger partial charge in [-0.2, -0.15) is 13.2 Å². The van der Waals surface area contributed by atoms with Crippen LogP contribution >= 0.6 is 24.0 Å². The highest BCUT2D eigenvalue weighted by atomic mass is 127. The molecule has 0 aromatic heterocycles. The van der Waals surface area contributed by atoms with Gasteiger partial charge in [0.05, 0.1) is 18.3 Å². The van der Waals surface area contributed by atoms with E-state index in [1.54, 1.807) is 27.0 Å². The summed E-state index contributed by atoms with van der Waals surface area (Å²) in [5, 5.41) is 3.03. The molecular weight excluding hydrogens is 486 g/mol. The van der Waals surface area contributed by atoms with Crippen molar-refractivity contribution in [1.82, 2.24) is 10.2 Å². The highest BCUT2D eigenvalue weighted by Gasteiger charge is 2.34. The minimum atomic E-state index is -4.45. The molecule has 1 aromatic rings. The third-order valence-electron chi connectivity index (χ3n) is 4.32. The summed E-state index contributed by atoms with van der Waals surface area (Å²) in [6.45, 7) is 5.78. The van der Waals surface area contributed by atoms with Crippen LogP contribution < -0.4 is 10.1 Å². The van der Waals surface area contributed by atoms with Gasteiger partial charge in [-0.1, -0.05) is 6.07 Å². The molecule has 1 aromatic carbocycles. The Kier molecular flexibility index (Phi) is 9.82. The fourth-order valence-electron chi connectivity index (χ4n) is 3.08. The summed E-state index contributed by atoms with van der Waals surface area (Å²) in [5.74, 6) is 1.17. The molecule has 0 aliphatic carbocycles. The molecule has 2 rings (SSSR count). The van der Waals surface area contributed by atoms with Gasteiger partial charge in [-0.25, -0.2) is 0 Å². The lowest BCUT2D eigenvalue weighted by Crippen LogP contribution is -2.41. The van der Waals surface area contributed by atoms with Crippen molar-refractivity contribution in [2.75, 3.05) is 33.9 Å². The van der Waals surface area contributed by atoms with Crippen LogP contribution in [0.2, 0.25) is 0 Å². The molecule has 1 fully saturated rings. The van der Waals surface area contributed by atoms with Gasteiger partial charge in [0, 0.05) is 39.7 Å². The first kappa shape index (κ1) is 24.8. The van der Waals surface area contributed by atoms with E-state index in [0.717, 1.165) is 25.6 Å². The molecule has 28 heavy (non-hydrogen) atoms. The minimum Gasteiger partial charge on any atom is -0.491 e. The van der Waals surface area contributed by atoms with E-state index in [0.29, 0.717) is 18.5 Å². The molecule has 0 amide bonds. The zero-order chi connectivity index (χ0) is 20.0. The van der Waals surface area contributed by atoms with Crippen LogP contribution in [0.15, 0.2) is 23.2 Å². The van der Waals surface area contributed by atoms with Gasteiger partial charge in [0.25, 0.3) is 0 Å². The van der Waals surface area contributed by atoms with Crippen LogP contribution in [0, 0.1) is 5.92 Å². The van der Waals surface area contributed by atoms with E-state index in [4.69, 9.17) is 9.47 Å². The zero-order valence-corrected chi connectivity index (χ0v) is 19.0. The number of benzene rings is 1. The van der Waals surface area contributed by atoms with Gasteiger partial charge in [-0.05, 0) is 38.0 Å². The first-order valence-electron chi connectivity index (χ1n) is 9.07. The van der Waals surface area contributed by atoms with Gasteiger partial charge < -0.3 is 19.7 Å². The Morgan fingerprint density at radius 1 is 1.39 bits per heavy atom. The number of hydrogen-bond acceptors (Lipinski definition) is 3. The maximum atomic E-state index is 13.5. The first-order chi connectivity index (χ1) is 12.7. The van der Waals surface area contributed by atoms with Crippen LogP contribution in [0.3, 0.4) is 0 Å². The number of aliphatic imine (C=N–C) groups is 1. The number of halogens is 4. The molecule has 1 atom stereocenters. The standard InChI is InChI=1S/C19H28F3N3O2.HI/c1-13(2)27-16-6-5-15(17(9-16)19(20,21)22)10-24-18(23-3)25(4)11-14-7-8-26-12-14;/h5-6,9,13-14H,7-8,10-12H2,1-4H3,(H,23,24);1H. The quantitative estimate of drug-likeness (QED) is 0.352. The predicted molar refractivity (Wildman–Crippen MR) is 114 cm³/mol. The second-order valence-electron chi connectivity index (χ2n) is 6.99. The maximum Gasteiger partial charge on any atom is 0.416 e. The number of nitrogens with one attached hydrogen (secondary N) is 1. The van der Waals surface area contributed by atoms with Crippen LogP contribution in [0.4, 0.5) is 13.2 Å². The van der Waals surface area contributed by atoms with Crippen molar-refractivity contribution in [2.24, 2.45) is 10.9 Å². The van der Waals surface area contributed by atoms with Gasteiger partial charge in [-0.15, -0.1) is 24.0 Å². The highest BCUT2D eigenvalue weighted by Crippen LogP contribution is 2.34. The van der Waals surface area contributed by atoms with Gasteiger partial charge in [-0.3, -0.25) is 4.99 Å². The van der Waals surface area contributed by atoms with Crippen LogP contribution in [-0.4, -0.2) is 50.8 Å². The van der Waals surface area contributed by atoms with E-state index < -0.39 is 11.7 Å². The lowest BCUT2D eigenvalue weighted by Gasteiger charge is -2.25. The summed E-state index contributed by atoms with van der Waals surface area (Å²) in [7, 11) is 3.49. The molecular formula is C19H29F3IN3O2. The van der Waals surface area contributed by atoms with E-state index in [1.165, 1.54) is 6.07 Å². The minimum absolute atomic E-state index is 0. The number of alkyl halides is 3. The van der Waals surface area contributed by atoms with Gasteiger partial charge in [0.15, 0.2) is 5.96 Å². The van der Waals surface area contributed by atoms with Crippen molar-refractivity contribution >= 4 is 29.9 Å². The Labute approximate surface area is 181 Å². The fourth-order valence-corrected chi connectivity index (χ4v) is 3.08. The summed E-state index contributed by atoms with van der Waals surface area (Å²) < 4.78 is 51.2. The summed E-state index contributed by atoms with van der Waals surface area (Å²) in [5.41, 5.74) is -0.548. The van der Waals surface area contributed by atoms with Crippen LogP contribution in [0.5, 0.6) is 5.75 Å². The largest absolute Gasteiger partial charge is 0.491 e. The normalized spacial score (nSPS) is 17.4. The third-order valence-corrected chi connectivity index (χ3v) is 4.32. The molecule has 0 radical (unpaired) electrons. The van der Waals surface area contributed by atoms with Crippen molar-refractivity contribution < 1.29 is 22.6 Å². The lowest BCUT2D eigenvalue weighted by molar-refractivity contribution is -0.138. The van der Waals surface area contributed by atoms with Crippen LogP contribution in [-0.2, 0) is 17.5 Å². The Morgan fingerprint density at radius 2 is 2.11 bits per heavy atom. The van der Waals surface area contributed by atoms with Gasteiger partial charge >= 0.3 is 6.18 Å². The second kappa shape index (κ2) is 11.1. The molecule has 0 spiro atoms. The molecule has 1 saturated heterocycles. The summed E-state index contributed by atoms with van der Waals surface area (Å²) in [4.78, 5) is 6.10. The van der Waals surface area contributed by atoms with Crippen molar-refractivity contribution in [3.05, 3.63) is 29.3 Å². The zero-order valence-electron chi connectivity index (χ0n) is 16.7. The van der Waals surface area contributed by atoms with Crippen LogP contribution in [0.1, 0.15) is 31.4 Å². The molecule has 160 valence electrons. The molecule has 1 aliphatic rings. The predicted octanol–water partition coefficient (Wildman–Crippen LogP) is 4.15. The first-order valence-corrected chi connectivity index (χ1v) is 9.07. The molecule has 5 nitrogen and oxygen atoms in total. The third kappa shape index (κ3) is 7.31. The Morgan fingerprint density at radius 3 is 2.64 bits per heavy atom. The SMILES string of the molecule is CN=C(NCc1ccc(OC(C)C)cc1C(F)(F)F)N(C)CC1CCOC1.I. The number of hydrogen-bond donors (Lipinski definition) is 1. The Balaban J connectivity index is 0.00000392. The maximum absolute atomic E-state index is 13.5. The van der Waals surface area contributed by atoms with Gasteiger partial charge in [0.1, 0.15) is 5.75 Å². The average Bonchev–Trinajstić information content (AvgIpc) is 3.08. The molecule has 1 aliphatic heterocycles. The molecule has 1 unspecified atom stereocenters. The summed E-state index contributed by atoms with van der Waals surface area (Å²) >= 11 is 0. The Hall–Kier alpha value is -1.23. The number of nitrogens with zero attached hydrogens (tertiary/aromatic N) is 2. The monoisotopic (exact) mass is 515 g/mol. The van der Waals surface area contributed by atoms with E-state index in [-0.39, 0.29) is 47.9 Å². The van der Waals surface area contributed by atoms with E-state index in [2.05, 4.69) is 10.3 Å². The molecule has 0 bridgehead atoms. The summed E-state index contributed by atoms with van der Waals surface area (Å²) in [6.07, 6.45) is -3.66. The summed E-state index contributed by atoms with van der Waals surface area (Å²) in [6, 6.07) is 4.07. The topological polar surface area (TPSA) is 46.1 Å². The lowest BCUT2D eigenvalue weighted by atomic mass is 10.1. The van der Waals surface area contributed by atoms with E-state index >= 15 is 0 Å². The molecule has 0 saturated carbocycles. The molecule has 1 heterocycles. The second-order valence-corrected chi connectivity index (χ2v) is 6.99. The van der Waals surface area contributed by atoms with Crippen molar-refractivity contribution in [3.63, 3.8) is 0 Å². The number of guanidine groups is 1. The van der Waals surface area contributed by atoms with Crippen LogP contribution in [0.25, 0.3) is 0 Å². The van der Waals surface area contributed by atoms with Crippen molar-refractivity contribution in [1.29, 1.82) is 0 Å².